The van der Waals surface area contributed by atoms with Crippen molar-refractivity contribution in [1.29, 1.82) is 5.26 Å². The smallest absolute Gasteiger partial charge is 0.255 e. The van der Waals surface area contributed by atoms with Crippen molar-refractivity contribution in [1.82, 2.24) is 9.21 Å². The zero-order valence-electron chi connectivity index (χ0n) is 17.0. The number of rotatable bonds is 9. The highest BCUT2D eigenvalue weighted by Crippen LogP contribution is 2.25. The van der Waals surface area contributed by atoms with Crippen LogP contribution in [0.25, 0.3) is 0 Å². The highest BCUT2D eigenvalue weighted by Gasteiger charge is 2.25. The van der Waals surface area contributed by atoms with Gasteiger partial charge >= 0.3 is 0 Å². The summed E-state index contributed by atoms with van der Waals surface area (Å²) >= 11 is 6.26. The molecule has 6 nitrogen and oxygen atoms in total. The average molecular weight is 446 g/mol. The summed E-state index contributed by atoms with van der Waals surface area (Å²) in [5, 5.41) is 9.11. The molecule has 0 saturated carbocycles. The first-order valence-electron chi connectivity index (χ1n) is 9.47. The number of nitrogens with zero attached hydrogens (tertiary/aromatic N) is 3. The second-order valence-electron chi connectivity index (χ2n) is 6.51. The van der Waals surface area contributed by atoms with Crippen molar-refractivity contribution in [2.24, 2.45) is 0 Å². The van der Waals surface area contributed by atoms with Crippen LogP contribution in [0.1, 0.15) is 35.3 Å². The first-order chi connectivity index (χ1) is 14.3. The molecule has 158 valence electrons. The molecule has 0 heterocycles. The third-order valence-corrected chi connectivity index (χ3v) is 6.98. The fraction of sp³-hybridized carbons (Fsp3) is 0.273. The third-order valence-electron chi connectivity index (χ3n) is 4.60. The summed E-state index contributed by atoms with van der Waals surface area (Å²) in [6.45, 7) is 8.38. The Kier molecular flexibility index (Phi) is 8.18. The SMILES string of the molecule is C=CCN(Cc1ccc(C#N)cc1)C(=O)c1cc(S(=O)(=O)N(CC)CC)ccc1Cl. The van der Waals surface area contributed by atoms with Gasteiger partial charge in [-0.3, -0.25) is 4.79 Å². The highest BCUT2D eigenvalue weighted by molar-refractivity contribution is 7.89. The molecule has 2 aromatic carbocycles. The molecule has 0 aliphatic rings. The molecule has 0 bridgehead atoms. The first-order valence-corrected chi connectivity index (χ1v) is 11.3. The number of hydrogen-bond donors (Lipinski definition) is 0. The maximum atomic E-state index is 13.2. The molecule has 0 fully saturated rings. The molecule has 8 heteroatoms. The summed E-state index contributed by atoms with van der Waals surface area (Å²) < 4.78 is 27.0. The predicted molar refractivity (Wildman–Crippen MR) is 118 cm³/mol. The van der Waals surface area contributed by atoms with E-state index < -0.39 is 15.9 Å². The Morgan fingerprint density at radius 3 is 2.33 bits per heavy atom. The zero-order valence-corrected chi connectivity index (χ0v) is 18.6. The van der Waals surface area contributed by atoms with Crippen molar-refractivity contribution >= 4 is 27.5 Å². The maximum absolute atomic E-state index is 13.2. The van der Waals surface area contributed by atoms with Gasteiger partial charge in [-0.2, -0.15) is 9.57 Å². The van der Waals surface area contributed by atoms with E-state index in [1.807, 2.05) is 0 Å². The predicted octanol–water partition coefficient (Wildman–Crippen LogP) is 4.07. The van der Waals surface area contributed by atoms with Gasteiger partial charge in [-0.1, -0.05) is 43.7 Å². The van der Waals surface area contributed by atoms with E-state index in [0.29, 0.717) is 18.7 Å². The van der Waals surface area contributed by atoms with Gasteiger partial charge in [0.15, 0.2) is 0 Å². The molecule has 0 atom stereocenters. The second kappa shape index (κ2) is 10.4. The Morgan fingerprint density at radius 1 is 1.17 bits per heavy atom. The molecule has 2 rings (SSSR count). The molecular formula is C22H24ClN3O3S. The molecule has 0 radical (unpaired) electrons. The van der Waals surface area contributed by atoms with Crippen LogP contribution in [0, 0.1) is 11.3 Å². The minimum Gasteiger partial charge on any atom is -0.331 e. The van der Waals surface area contributed by atoms with Gasteiger partial charge in [0.1, 0.15) is 0 Å². The Bertz CT molecular complexity index is 1060. The normalized spacial score (nSPS) is 11.2. The monoisotopic (exact) mass is 445 g/mol. The summed E-state index contributed by atoms with van der Waals surface area (Å²) in [6.07, 6.45) is 1.59. The Hall–Kier alpha value is -2.66. The van der Waals surface area contributed by atoms with Gasteiger partial charge in [-0.05, 0) is 35.9 Å². The Balaban J connectivity index is 2.40. The summed E-state index contributed by atoms with van der Waals surface area (Å²) in [6, 6.07) is 13.1. The van der Waals surface area contributed by atoms with Crippen LogP contribution in [0.5, 0.6) is 0 Å². The molecule has 0 aromatic heterocycles. The van der Waals surface area contributed by atoms with E-state index in [1.54, 1.807) is 44.2 Å². The van der Waals surface area contributed by atoms with Crippen molar-refractivity contribution in [3.8, 4) is 6.07 Å². The minimum absolute atomic E-state index is 0.0240. The van der Waals surface area contributed by atoms with Gasteiger partial charge in [0.25, 0.3) is 5.91 Å². The van der Waals surface area contributed by atoms with Crippen LogP contribution < -0.4 is 0 Å². The van der Waals surface area contributed by atoms with E-state index in [2.05, 4.69) is 12.6 Å². The topological polar surface area (TPSA) is 81.5 Å². The lowest BCUT2D eigenvalue weighted by atomic mass is 10.1. The summed E-state index contributed by atoms with van der Waals surface area (Å²) in [4.78, 5) is 14.7. The molecule has 0 spiro atoms. The molecule has 1 amide bonds. The maximum Gasteiger partial charge on any atom is 0.255 e. The van der Waals surface area contributed by atoms with E-state index >= 15 is 0 Å². The zero-order chi connectivity index (χ0) is 22.3. The van der Waals surface area contributed by atoms with Crippen molar-refractivity contribution in [3.05, 3.63) is 76.8 Å². The number of sulfonamides is 1. The highest BCUT2D eigenvalue weighted by atomic mass is 35.5. The van der Waals surface area contributed by atoms with E-state index in [0.717, 1.165) is 5.56 Å². The van der Waals surface area contributed by atoms with Crippen molar-refractivity contribution < 1.29 is 13.2 Å². The lowest BCUT2D eigenvalue weighted by Crippen LogP contribution is -2.32. The lowest BCUT2D eigenvalue weighted by Gasteiger charge is -2.23. The number of amides is 1. The third kappa shape index (κ3) is 5.28. The number of nitriles is 1. The van der Waals surface area contributed by atoms with Gasteiger partial charge in [-0.15, -0.1) is 6.58 Å². The molecule has 0 unspecified atom stereocenters. The molecule has 0 saturated heterocycles. The van der Waals surface area contributed by atoms with E-state index in [1.165, 1.54) is 27.4 Å². The quantitative estimate of drug-likeness (QED) is 0.545. The Morgan fingerprint density at radius 2 is 1.80 bits per heavy atom. The van der Waals surface area contributed by atoms with Crippen LogP contribution in [-0.2, 0) is 16.6 Å². The molecular weight excluding hydrogens is 422 g/mol. The van der Waals surface area contributed by atoms with Crippen LogP contribution in [0.2, 0.25) is 5.02 Å². The van der Waals surface area contributed by atoms with Crippen molar-refractivity contribution in [2.45, 2.75) is 25.3 Å². The minimum atomic E-state index is -3.73. The fourth-order valence-corrected chi connectivity index (χ4v) is 4.68. The van der Waals surface area contributed by atoms with Crippen molar-refractivity contribution in [2.75, 3.05) is 19.6 Å². The van der Waals surface area contributed by atoms with Gasteiger partial charge in [-0.25, -0.2) is 8.42 Å². The Labute approximate surface area is 183 Å². The van der Waals surface area contributed by atoms with Crippen LogP contribution in [-0.4, -0.2) is 43.2 Å². The summed E-state index contributed by atoms with van der Waals surface area (Å²) in [7, 11) is -3.73. The fourth-order valence-electron chi connectivity index (χ4n) is 2.99. The summed E-state index contributed by atoms with van der Waals surface area (Å²) in [5.74, 6) is -0.402. The van der Waals surface area contributed by atoms with Crippen LogP contribution in [0.4, 0.5) is 0 Å². The number of hydrogen-bond acceptors (Lipinski definition) is 4. The van der Waals surface area contributed by atoms with Crippen LogP contribution >= 0.6 is 11.6 Å². The van der Waals surface area contributed by atoms with E-state index in [-0.39, 0.29) is 28.6 Å². The number of halogens is 1. The second-order valence-corrected chi connectivity index (χ2v) is 8.86. The van der Waals surface area contributed by atoms with Gasteiger partial charge in [0.05, 0.1) is 27.1 Å². The molecule has 0 aliphatic heterocycles. The van der Waals surface area contributed by atoms with Gasteiger partial charge in [0, 0.05) is 26.2 Å². The first kappa shape index (κ1) is 23.6. The standard InChI is InChI=1S/C22H24ClN3O3S/c1-4-13-25(16-18-9-7-17(15-24)8-10-18)22(27)20-14-19(11-12-21(20)23)30(28,29)26(5-2)6-3/h4,7-12,14H,1,5-6,13,16H2,2-3H3. The molecule has 30 heavy (non-hydrogen) atoms. The van der Waals surface area contributed by atoms with Crippen LogP contribution in [0.15, 0.2) is 60.0 Å². The van der Waals surface area contributed by atoms with Gasteiger partial charge in [0.2, 0.25) is 10.0 Å². The number of benzene rings is 2. The average Bonchev–Trinajstić information content (AvgIpc) is 2.74. The van der Waals surface area contributed by atoms with E-state index in [4.69, 9.17) is 16.9 Å². The number of carbonyl (C=O) groups excluding carboxylic acids is 1. The van der Waals surface area contributed by atoms with E-state index in [9.17, 15) is 13.2 Å². The summed E-state index contributed by atoms with van der Waals surface area (Å²) in [5.41, 5.74) is 1.46. The number of carbonyl (C=O) groups is 1. The van der Waals surface area contributed by atoms with Crippen molar-refractivity contribution in [3.63, 3.8) is 0 Å². The molecule has 0 aliphatic carbocycles. The lowest BCUT2D eigenvalue weighted by molar-refractivity contribution is 0.0762. The molecule has 2 aromatic rings. The van der Waals surface area contributed by atoms with Crippen LogP contribution in [0.3, 0.4) is 0 Å². The molecule has 0 N–H and O–H groups in total. The largest absolute Gasteiger partial charge is 0.331 e. The van der Waals surface area contributed by atoms with Gasteiger partial charge < -0.3 is 4.90 Å².